The average Bonchev–Trinajstić information content (AvgIpc) is 2.72. The van der Waals surface area contributed by atoms with Crippen molar-refractivity contribution >= 4 is 23.6 Å². The SMILES string of the molecule is C=CCOc1ccc(/C=C/C(=O)OCC(=O)Nc2cccc(C)c2C)cc1OC. The number of carbonyl (C=O) groups excluding carboxylic acids is 2. The summed E-state index contributed by atoms with van der Waals surface area (Å²) in [6, 6.07) is 10.9. The maximum atomic E-state index is 12.0. The Balaban J connectivity index is 1.89. The Bertz CT molecular complexity index is 917. The maximum Gasteiger partial charge on any atom is 0.331 e. The quantitative estimate of drug-likeness (QED) is 0.394. The van der Waals surface area contributed by atoms with Crippen LogP contribution >= 0.6 is 0 Å². The van der Waals surface area contributed by atoms with Crippen LogP contribution < -0.4 is 14.8 Å². The second-order valence-corrected chi connectivity index (χ2v) is 6.25. The summed E-state index contributed by atoms with van der Waals surface area (Å²) >= 11 is 0. The number of carbonyl (C=O) groups is 2. The van der Waals surface area contributed by atoms with Crippen molar-refractivity contribution in [3.63, 3.8) is 0 Å². The van der Waals surface area contributed by atoms with E-state index in [9.17, 15) is 9.59 Å². The number of aryl methyl sites for hydroxylation is 1. The fourth-order valence-corrected chi connectivity index (χ4v) is 2.48. The van der Waals surface area contributed by atoms with E-state index in [1.807, 2.05) is 26.0 Å². The zero-order chi connectivity index (χ0) is 21.2. The van der Waals surface area contributed by atoms with Crippen molar-refractivity contribution in [2.75, 3.05) is 25.6 Å². The van der Waals surface area contributed by atoms with Crippen LogP contribution in [0.5, 0.6) is 11.5 Å². The lowest BCUT2D eigenvalue weighted by atomic mass is 10.1. The second-order valence-electron chi connectivity index (χ2n) is 6.25. The largest absolute Gasteiger partial charge is 0.493 e. The van der Waals surface area contributed by atoms with Gasteiger partial charge in [0.1, 0.15) is 6.61 Å². The molecule has 0 radical (unpaired) electrons. The molecule has 0 aromatic heterocycles. The van der Waals surface area contributed by atoms with E-state index >= 15 is 0 Å². The van der Waals surface area contributed by atoms with E-state index < -0.39 is 11.9 Å². The summed E-state index contributed by atoms with van der Waals surface area (Å²) in [7, 11) is 1.53. The third kappa shape index (κ3) is 6.53. The van der Waals surface area contributed by atoms with Crippen LogP contribution in [0.3, 0.4) is 0 Å². The van der Waals surface area contributed by atoms with Gasteiger partial charge in [-0.2, -0.15) is 0 Å². The molecular weight excluding hydrogens is 370 g/mol. The van der Waals surface area contributed by atoms with Crippen molar-refractivity contribution in [1.82, 2.24) is 0 Å². The first-order chi connectivity index (χ1) is 13.9. The topological polar surface area (TPSA) is 73.9 Å². The van der Waals surface area contributed by atoms with E-state index in [0.29, 0.717) is 23.8 Å². The van der Waals surface area contributed by atoms with Gasteiger partial charge in [0.05, 0.1) is 7.11 Å². The Hall–Kier alpha value is -3.54. The molecule has 0 saturated carbocycles. The molecule has 0 aliphatic carbocycles. The standard InChI is InChI=1S/C23H25NO5/c1-5-13-28-20-11-9-18(14-21(20)27-4)10-12-23(26)29-15-22(25)24-19-8-6-7-16(2)17(19)3/h5-12,14H,1,13,15H2,2-4H3,(H,24,25)/b12-10+. The molecule has 2 rings (SSSR count). The smallest absolute Gasteiger partial charge is 0.331 e. The van der Waals surface area contributed by atoms with Crippen LogP contribution in [0.2, 0.25) is 0 Å². The van der Waals surface area contributed by atoms with Gasteiger partial charge in [0.15, 0.2) is 18.1 Å². The number of rotatable bonds is 9. The van der Waals surface area contributed by atoms with Gasteiger partial charge in [-0.1, -0.05) is 30.9 Å². The summed E-state index contributed by atoms with van der Waals surface area (Å²) in [6.07, 6.45) is 4.47. The summed E-state index contributed by atoms with van der Waals surface area (Å²) in [5.41, 5.74) is 3.47. The molecule has 0 aliphatic heterocycles. The summed E-state index contributed by atoms with van der Waals surface area (Å²) in [4.78, 5) is 23.9. The monoisotopic (exact) mass is 395 g/mol. The van der Waals surface area contributed by atoms with Crippen LogP contribution in [-0.2, 0) is 14.3 Å². The third-order valence-corrected chi connectivity index (χ3v) is 4.18. The number of benzene rings is 2. The van der Waals surface area contributed by atoms with Crippen molar-refractivity contribution in [2.24, 2.45) is 0 Å². The molecule has 0 atom stereocenters. The molecule has 2 aromatic carbocycles. The van der Waals surface area contributed by atoms with Crippen molar-refractivity contribution in [3.8, 4) is 11.5 Å². The van der Waals surface area contributed by atoms with E-state index in [2.05, 4.69) is 11.9 Å². The summed E-state index contributed by atoms with van der Waals surface area (Å²) < 4.78 is 15.8. The van der Waals surface area contributed by atoms with Gasteiger partial charge in [0.25, 0.3) is 5.91 Å². The molecule has 152 valence electrons. The number of nitrogens with one attached hydrogen (secondary N) is 1. The molecule has 6 heteroatoms. The maximum absolute atomic E-state index is 12.0. The number of hydrogen-bond acceptors (Lipinski definition) is 5. The molecule has 1 amide bonds. The number of ether oxygens (including phenoxy) is 3. The number of methoxy groups -OCH3 is 1. The molecule has 0 heterocycles. The lowest BCUT2D eigenvalue weighted by Crippen LogP contribution is -2.20. The first-order valence-corrected chi connectivity index (χ1v) is 9.07. The summed E-state index contributed by atoms with van der Waals surface area (Å²) in [6.45, 7) is 7.48. The van der Waals surface area contributed by atoms with Crippen molar-refractivity contribution < 1.29 is 23.8 Å². The highest BCUT2D eigenvalue weighted by molar-refractivity contribution is 5.95. The Morgan fingerprint density at radius 1 is 1.14 bits per heavy atom. The van der Waals surface area contributed by atoms with Gasteiger partial charge in [-0.3, -0.25) is 4.79 Å². The molecule has 6 nitrogen and oxygen atoms in total. The molecule has 29 heavy (non-hydrogen) atoms. The van der Waals surface area contributed by atoms with Crippen molar-refractivity contribution in [1.29, 1.82) is 0 Å². The van der Waals surface area contributed by atoms with Crippen LogP contribution in [0.4, 0.5) is 5.69 Å². The minimum atomic E-state index is -0.618. The third-order valence-electron chi connectivity index (χ3n) is 4.18. The highest BCUT2D eigenvalue weighted by Crippen LogP contribution is 2.28. The molecule has 1 N–H and O–H groups in total. The van der Waals surface area contributed by atoms with Gasteiger partial charge < -0.3 is 19.5 Å². The predicted octanol–water partition coefficient (Wildman–Crippen LogP) is 4.07. The van der Waals surface area contributed by atoms with Crippen molar-refractivity contribution in [3.05, 3.63) is 71.8 Å². The number of hydrogen-bond donors (Lipinski definition) is 1. The fraction of sp³-hybridized carbons (Fsp3) is 0.217. The molecular formula is C23H25NO5. The molecule has 0 saturated heterocycles. The predicted molar refractivity (Wildman–Crippen MR) is 113 cm³/mol. The van der Waals surface area contributed by atoms with Crippen LogP contribution in [0.25, 0.3) is 6.08 Å². The molecule has 2 aromatic rings. The Morgan fingerprint density at radius 3 is 2.66 bits per heavy atom. The Labute approximate surface area is 170 Å². The van der Waals surface area contributed by atoms with Crippen LogP contribution in [0, 0.1) is 13.8 Å². The second kappa shape index (κ2) is 10.7. The number of esters is 1. The minimum Gasteiger partial charge on any atom is -0.493 e. The normalized spacial score (nSPS) is 10.4. The molecule has 0 spiro atoms. The molecule has 0 unspecified atom stereocenters. The van der Waals surface area contributed by atoms with Gasteiger partial charge in [-0.15, -0.1) is 0 Å². The van der Waals surface area contributed by atoms with Gasteiger partial charge in [-0.25, -0.2) is 4.79 Å². The molecule has 0 aliphatic rings. The molecule has 0 fully saturated rings. The van der Waals surface area contributed by atoms with Crippen LogP contribution in [0.1, 0.15) is 16.7 Å². The first kappa shape index (κ1) is 21.8. The fourth-order valence-electron chi connectivity index (χ4n) is 2.48. The van der Waals surface area contributed by atoms with Gasteiger partial charge in [0.2, 0.25) is 0 Å². The Morgan fingerprint density at radius 2 is 1.93 bits per heavy atom. The highest BCUT2D eigenvalue weighted by atomic mass is 16.5. The zero-order valence-corrected chi connectivity index (χ0v) is 16.9. The average molecular weight is 395 g/mol. The minimum absolute atomic E-state index is 0.363. The van der Waals surface area contributed by atoms with Crippen molar-refractivity contribution in [2.45, 2.75) is 13.8 Å². The van der Waals surface area contributed by atoms with Crippen LogP contribution in [0.15, 0.2) is 55.1 Å². The first-order valence-electron chi connectivity index (χ1n) is 9.07. The van der Waals surface area contributed by atoms with E-state index in [1.54, 1.807) is 36.4 Å². The van der Waals surface area contributed by atoms with Gasteiger partial charge >= 0.3 is 5.97 Å². The lowest BCUT2D eigenvalue weighted by Gasteiger charge is -2.10. The molecule has 0 bridgehead atoms. The van der Waals surface area contributed by atoms with E-state index in [1.165, 1.54) is 13.2 Å². The van der Waals surface area contributed by atoms with E-state index in [-0.39, 0.29) is 6.61 Å². The van der Waals surface area contributed by atoms with E-state index in [0.717, 1.165) is 16.7 Å². The van der Waals surface area contributed by atoms with Crippen LogP contribution in [-0.4, -0.2) is 32.2 Å². The summed E-state index contributed by atoms with van der Waals surface area (Å²) in [5, 5.41) is 2.74. The van der Waals surface area contributed by atoms with Gasteiger partial charge in [-0.05, 0) is 54.8 Å². The van der Waals surface area contributed by atoms with E-state index in [4.69, 9.17) is 14.2 Å². The van der Waals surface area contributed by atoms with Gasteiger partial charge in [0, 0.05) is 11.8 Å². The Kier molecular flexibility index (Phi) is 8.03. The lowest BCUT2D eigenvalue weighted by molar-refractivity contribution is -0.142. The zero-order valence-electron chi connectivity index (χ0n) is 16.9. The number of amides is 1. The highest BCUT2D eigenvalue weighted by Gasteiger charge is 2.09. The number of anilines is 1. The summed E-state index contributed by atoms with van der Waals surface area (Å²) in [5.74, 6) is 0.100.